The van der Waals surface area contributed by atoms with Gasteiger partial charge in [-0.25, -0.2) is 4.39 Å². The zero-order valence-electron chi connectivity index (χ0n) is 15.2. The van der Waals surface area contributed by atoms with E-state index in [-0.39, 0.29) is 23.3 Å². The van der Waals surface area contributed by atoms with Crippen molar-refractivity contribution in [2.45, 2.75) is 13.3 Å². The number of piperazine rings is 1. The minimum absolute atomic E-state index is 0.0293. The third-order valence-electron chi connectivity index (χ3n) is 4.92. The molecule has 1 saturated heterocycles. The minimum Gasteiger partial charge on any atom is -0.368 e. The van der Waals surface area contributed by atoms with E-state index < -0.39 is 4.92 Å². The van der Waals surface area contributed by atoms with Crippen LogP contribution in [0.25, 0.3) is 0 Å². The zero-order valence-corrected chi connectivity index (χ0v) is 15.2. The van der Waals surface area contributed by atoms with Crippen molar-refractivity contribution in [3.63, 3.8) is 0 Å². The second-order valence-electron chi connectivity index (χ2n) is 6.78. The summed E-state index contributed by atoms with van der Waals surface area (Å²) in [6, 6.07) is 13.0. The van der Waals surface area contributed by atoms with Crippen molar-refractivity contribution in [1.29, 1.82) is 0 Å². The molecule has 1 amide bonds. The van der Waals surface area contributed by atoms with Gasteiger partial charge in [-0.05, 0) is 30.2 Å². The number of carbonyl (C=O) groups excluding carboxylic acids is 1. The third kappa shape index (κ3) is 4.42. The molecule has 0 bridgehead atoms. The molecule has 142 valence electrons. The van der Waals surface area contributed by atoms with Gasteiger partial charge in [-0.1, -0.05) is 25.1 Å². The first-order valence-corrected chi connectivity index (χ1v) is 8.97. The molecule has 1 aliphatic rings. The summed E-state index contributed by atoms with van der Waals surface area (Å²) in [6.07, 6.45) is 0.383. The quantitative estimate of drug-likeness (QED) is 0.598. The second-order valence-corrected chi connectivity index (χ2v) is 6.78. The highest BCUT2D eigenvalue weighted by atomic mass is 19.1. The molecule has 1 heterocycles. The predicted molar refractivity (Wildman–Crippen MR) is 101 cm³/mol. The van der Waals surface area contributed by atoms with Gasteiger partial charge in [0.2, 0.25) is 5.91 Å². The maximum Gasteiger partial charge on any atom is 0.269 e. The van der Waals surface area contributed by atoms with Crippen molar-refractivity contribution < 1.29 is 14.1 Å². The van der Waals surface area contributed by atoms with Gasteiger partial charge in [-0.15, -0.1) is 0 Å². The van der Waals surface area contributed by atoms with Crippen molar-refractivity contribution in [1.82, 2.24) is 4.90 Å². The lowest BCUT2D eigenvalue weighted by Crippen LogP contribution is -2.50. The van der Waals surface area contributed by atoms with Crippen LogP contribution in [0.3, 0.4) is 0 Å². The maximum atomic E-state index is 13.8. The summed E-state index contributed by atoms with van der Waals surface area (Å²) in [5, 5.41) is 10.7. The molecule has 1 unspecified atom stereocenters. The van der Waals surface area contributed by atoms with Gasteiger partial charge in [0.15, 0.2) is 0 Å². The minimum atomic E-state index is -0.419. The van der Waals surface area contributed by atoms with Gasteiger partial charge >= 0.3 is 0 Å². The average molecular weight is 371 g/mol. The first-order valence-electron chi connectivity index (χ1n) is 8.97. The van der Waals surface area contributed by atoms with Crippen LogP contribution in [-0.2, 0) is 11.2 Å². The van der Waals surface area contributed by atoms with E-state index in [0.717, 1.165) is 5.69 Å². The molecule has 0 radical (unpaired) electrons. The maximum absolute atomic E-state index is 13.8. The first-order chi connectivity index (χ1) is 13.0. The Morgan fingerprint density at radius 3 is 2.33 bits per heavy atom. The van der Waals surface area contributed by atoms with E-state index in [2.05, 4.69) is 4.90 Å². The average Bonchev–Trinajstić information content (AvgIpc) is 2.69. The van der Waals surface area contributed by atoms with Gasteiger partial charge in [0.05, 0.1) is 4.92 Å². The molecule has 7 heteroatoms. The molecule has 6 nitrogen and oxygen atoms in total. The fourth-order valence-corrected chi connectivity index (χ4v) is 3.36. The smallest absolute Gasteiger partial charge is 0.269 e. The van der Waals surface area contributed by atoms with Gasteiger partial charge in [-0.3, -0.25) is 14.9 Å². The molecular formula is C20H22FN3O3. The number of nitro groups is 1. The summed E-state index contributed by atoms with van der Waals surface area (Å²) in [4.78, 5) is 26.9. The standard InChI is InChI=1S/C20H22FN3O3/c1-15(14-16-4-2-3-5-19(16)21)20(25)23-12-10-22(11-13-23)17-6-8-18(9-7-17)24(26)27/h2-9,15H,10-14H2,1H3. The Labute approximate surface area is 157 Å². The lowest BCUT2D eigenvalue weighted by molar-refractivity contribution is -0.384. The summed E-state index contributed by atoms with van der Waals surface area (Å²) >= 11 is 0. The number of halogens is 1. The van der Waals surface area contributed by atoms with Crippen LogP contribution in [0, 0.1) is 21.8 Å². The lowest BCUT2D eigenvalue weighted by atomic mass is 9.99. The van der Waals surface area contributed by atoms with Gasteiger partial charge in [-0.2, -0.15) is 0 Å². The number of non-ortho nitro benzene ring substituents is 1. The van der Waals surface area contributed by atoms with E-state index in [1.54, 1.807) is 30.3 Å². The summed E-state index contributed by atoms with van der Waals surface area (Å²) in [7, 11) is 0. The van der Waals surface area contributed by atoms with Crippen molar-refractivity contribution >= 4 is 17.3 Å². The summed E-state index contributed by atoms with van der Waals surface area (Å²) < 4.78 is 13.8. The van der Waals surface area contributed by atoms with Crippen molar-refractivity contribution in [3.05, 3.63) is 70.0 Å². The number of anilines is 1. The SMILES string of the molecule is CC(Cc1ccccc1F)C(=O)N1CCN(c2ccc([N+](=O)[O-])cc2)CC1. The number of nitro benzene ring substituents is 1. The fraction of sp³-hybridized carbons (Fsp3) is 0.350. The molecule has 3 rings (SSSR count). The fourth-order valence-electron chi connectivity index (χ4n) is 3.36. The van der Waals surface area contributed by atoms with Crippen molar-refractivity contribution in [2.75, 3.05) is 31.1 Å². The molecule has 0 saturated carbocycles. The molecule has 27 heavy (non-hydrogen) atoms. The number of carbonyl (C=O) groups is 1. The van der Waals surface area contributed by atoms with E-state index in [0.29, 0.717) is 38.2 Å². The Bertz CT molecular complexity index is 817. The monoisotopic (exact) mass is 371 g/mol. The van der Waals surface area contributed by atoms with E-state index >= 15 is 0 Å². The molecular weight excluding hydrogens is 349 g/mol. The van der Waals surface area contributed by atoms with Crippen molar-refractivity contribution in [3.8, 4) is 0 Å². The van der Waals surface area contributed by atoms with E-state index in [1.165, 1.54) is 18.2 Å². The lowest BCUT2D eigenvalue weighted by Gasteiger charge is -2.37. The normalized spacial score (nSPS) is 15.5. The summed E-state index contributed by atoms with van der Waals surface area (Å²) in [5.41, 5.74) is 1.53. The second kappa shape index (κ2) is 8.16. The van der Waals surface area contributed by atoms with E-state index in [4.69, 9.17) is 0 Å². The van der Waals surface area contributed by atoms with Crippen molar-refractivity contribution in [2.24, 2.45) is 5.92 Å². The van der Waals surface area contributed by atoms with E-state index in [9.17, 15) is 19.3 Å². The van der Waals surface area contributed by atoms with Gasteiger partial charge in [0.25, 0.3) is 5.69 Å². The van der Waals surface area contributed by atoms with Crippen LogP contribution >= 0.6 is 0 Å². The Kier molecular flexibility index (Phi) is 5.69. The Balaban J connectivity index is 1.55. The van der Waals surface area contributed by atoms with Gasteiger partial charge in [0, 0.05) is 49.9 Å². The van der Waals surface area contributed by atoms with Crippen LogP contribution in [0.5, 0.6) is 0 Å². The Morgan fingerprint density at radius 1 is 1.11 bits per heavy atom. The van der Waals surface area contributed by atoms with Crippen LogP contribution in [0.4, 0.5) is 15.8 Å². The van der Waals surface area contributed by atoms with Crippen LogP contribution in [-0.4, -0.2) is 41.9 Å². The number of amides is 1. The number of benzene rings is 2. The largest absolute Gasteiger partial charge is 0.368 e. The highest BCUT2D eigenvalue weighted by Crippen LogP contribution is 2.22. The summed E-state index contributed by atoms with van der Waals surface area (Å²) in [5.74, 6) is -0.533. The molecule has 1 aliphatic heterocycles. The van der Waals surface area contributed by atoms with Gasteiger partial charge < -0.3 is 9.80 Å². The molecule has 2 aromatic rings. The number of rotatable bonds is 5. The van der Waals surface area contributed by atoms with E-state index in [1.807, 2.05) is 11.8 Å². The zero-order chi connectivity index (χ0) is 19.4. The first kappa shape index (κ1) is 18.8. The van der Waals surface area contributed by atoms with Crippen LogP contribution in [0.15, 0.2) is 48.5 Å². The summed E-state index contributed by atoms with van der Waals surface area (Å²) in [6.45, 7) is 4.32. The highest BCUT2D eigenvalue weighted by molar-refractivity contribution is 5.79. The van der Waals surface area contributed by atoms with Crippen LogP contribution in [0.2, 0.25) is 0 Å². The topological polar surface area (TPSA) is 66.7 Å². The predicted octanol–water partition coefficient (Wildman–Crippen LogP) is 3.26. The third-order valence-corrected chi connectivity index (χ3v) is 4.92. The molecule has 1 fully saturated rings. The van der Waals surface area contributed by atoms with Crippen LogP contribution in [0.1, 0.15) is 12.5 Å². The number of nitrogens with zero attached hydrogens (tertiary/aromatic N) is 3. The Morgan fingerprint density at radius 2 is 1.74 bits per heavy atom. The Hall–Kier alpha value is -2.96. The molecule has 0 spiro atoms. The molecule has 2 aromatic carbocycles. The molecule has 0 aromatic heterocycles. The molecule has 0 N–H and O–H groups in total. The van der Waals surface area contributed by atoms with Gasteiger partial charge in [0.1, 0.15) is 5.82 Å². The number of hydrogen-bond acceptors (Lipinski definition) is 4. The van der Waals surface area contributed by atoms with Crippen LogP contribution < -0.4 is 4.90 Å². The molecule has 0 aliphatic carbocycles. The highest BCUT2D eigenvalue weighted by Gasteiger charge is 2.25. The number of hydrogen-bond donors (Lipinski definition) is 0. The molecule has 1 atom stereocenters.